The lowest BCUT2D eigenvalue weighted by Crippen LogP contribution is -2.15. The minimum atomic E-state index is -0.674. The Morgan fingerprint density at radius 2 is 1.83 bits per heavy atom. The zero-order chi connectivity index (χ0) is 21.4. The van der Waals surface area contributed by atoms with E-state index in [0.29, 0.717) is 29.9 Å². The lowest BCUT2D eigenvalue weighted by atomic mass is 10.1. The molecule has 0 aliphatic carbocycles. The molecule has 1 heterocycles. The number of hydrogen-bond donors (Lipinski definition) is 1. The quantitative estimate of drug-likeness (QED) is 0.454. The van der Waals surface area contributed by atoms with Crippen molar-refractivity contribution in [3.05, 3.63) is 46.2 Å². The van der Waals surface area contributed by atoms with Gasteiger partial charge in [-0.2, -0.15) is 5.10 Å². The molecule has 0 atom stereocenters. The molecule has 0 aliphatic rings. The number of nitrogens with one attached hydrogen (secondary N) is 1. The van der Waals surface area contributed by atoms with Gasteiger partial charge in [0.05, 0.1) is 5.69 Å². The van der Waals surface area contributed by atoms with E-state index in [1.807, 2.05) is 6.92 Å². The Balaban J connectivity index is 1.96. The molecular weight excluding hydrogens is 394 g/mol. The van der Waals surface area contributed by atoms with Gasteiger partial charge in [0.25, 0.3) is 0 Å². The highest BCUT2D eigenvalue weighted by Crippen LogP contribution is 2.21. The van der Waals surface area contributed by atoms with Gasteiger partial charge in [0.1, 0.15) is 10.7 Å². The fourth-order valence-corrected chi connectivity index (χ4v) is 3.05. The number of carbonyl (C=O) groups excluding carboxylic acids is 3. The van der Waals surface area contributed by atoms with Crippen LogP contribution in [-0.2, 0) is 16.1 Å². The maximum atomic E-state index is 12.4. The van der Waals surface area contributed by atoms with Gasteiger partial charge in [-0.1, -0.05) is 31.9 Å². The molecule has 0 aliphatic heterocycles. The Kier molecular flexibility index (Phi) is 8.39. The molecule has 0 radical (unpaired) electrons. The second-order valence-electron chi connectivity index (χ2n) is 6.70. The topological polar surface area (TPSA) is 90.3 Å². The summed E-state index contributed by atoms with van der Waals surface area (Å²) < 4.78 is 6.73. The molecule has 0 spiro atoms. The largest absolute Gasteiger partial charge is 0.454 e. The van der Waals surface area contributed by atoms with Crippen LogP contribution in [0.2, 0.25) is 5.15 Å². The molecule has 1 N–H and O–H groups in total. The van der Waals surface area contributed by atoms with Gasteiger partial charge >= 0.3 is 5.97 Å². The van der Waals surface area contributed by atoms with E-state index in [9.17, 15) is 14.4 Å². The Morgan fingerprint density at radius 3 is 2.45 bits per heavy atom. The standard InChI is InChI=1S/C21H26ClN3O4/c1-4-6-12-25-20(22)19(14(3)24-25)21(28)29-13-17(26)15-8-10-16(11-9-15)23-18(27)7-5-2/h8-11H,4-7,12-13H2,1-3H3,(H,23,27). The monoisotopic (exact) mass is 419 g/mol. The van der Waals surface area contributed by atoms with Gasteiger partial charge in [0, 0.05) is 24.2 Å². The summed E-state index contributed by atoms with van der Waals surface area (Å²) in [6, 6.07) is 6.44. The predicted molar refractivity (Wildman–Crippen MR) is 111 cm³/mol. The molecule has 0 unspecified atom stereocenters. The van der Waals surface area contributed by atoms with Gasteiger partial charge in [-0.25, -0.2) is 4.79 Å². The van der Waals surface area contributed by atoms with Crippen LogP contribution in [0.3, 0.4) is 0 Å². The molecule has 8 heteroatoms. The average molecular weight is 420 g/mol. The number of nitrogens with zero attached hydrogens (tertiary/aromatic N) is 2. The number of Topliss-reactive ketones (excluding diaryl/α,β-unsaturated/α-hetero) is 1. The van der Waals surface area contributed by atoms with Gasteiger partial charge < -0.3 is 10.1 Å². The first kappa shape index (κ1) is 22.6. The number of carbonyl (C=O) groups is 3. The molecule has 7 nitrogen and oxygen atoms in total. The number of anilines is 1. The predicted octanol–water partition coefficient (Wildman–Crippen LogP) is 4.42. The third-order valence-electron chi connectivity index (χ3n) is 4.30. The molecule has 0 bridgehead atoms. The maximum absolute atomic E-state index is 12.4. The number of ether oxygens (including phenoxy) is 1. The highest BCUT2D eigenvalue weighted by Gasteiger charge is 2.22. The highest BCUT2D eigenvalue weighted by molar-refractivity contribution is 6.32. The number of unbranched alkanes of at least 4 members (excludes halogenated alkanes) is 1. The number of esters is 1. The maximum Gasteiger partial charge on any atom is 0.343 e. The van der Waals surface area contributed by atoms with E-state index in [4.69, 9.17) is 16.3 Å². The molecule has 0 saturated carbocycles. The Bertz CT molecular complexity index is 875. The molecular formula is C21H26ClN3O4. The van der Waals surface area contributed by atoms with Crippen LogP contribution >= 0.6 is 11.6 Å². The molecule has 1 amide bonds. The molecule has 0 saturated heterocycles. The lowest BCUT2D eigenvalue weighted by Gasteiger charge is -2.07. The van der Waals surface area contributed by atoms with E-state index in [2.05, 4.69) is 17.3 Å². The van der Waals surface area contributed by atoms with Crippen LogP contribution in [0.4, 0.5) is 5.69 Å². The minimum absolute atomic E-state index is 0.0766. The van der Waals surface area contributed by atoms with Crippen molar-refractivity contribution in [1.82, 2.24) is 9.78 Å². The van der Waals surface area contributed by atoms with E-state index in [1.165, 1.54) is 0 Å². The van der Waals surface area contributed by atoms with E-state index in [0.717, 1.165) is 19.3 Å². The Hall–Kier alpha value is -2.67. The van der Waals surface area contributed by atoms with E-state index in [1.54, 1.807) is 35.9 Å². The molecule has 1 aromatic carbocycles. The van der Waals surface area contributed by atoms with Crippen LogP contribution in [0.5, 0.6) is 0 Å². The van der Waals surface area contributed by atoms with Gasteiger partial charge in [0.15, 0.2) is 12.4 Å². The van der Waals surface area contributed by atoms with E-state index >= 15 is 0 Å². The van der Waals surface area contributed by atoms with E-state index in [-0.39, 0.29) is 22.4 Å². The lowest BCUT2D eigenvalue weighted by molar-refractivity contribution is -0.116. The van der Waals surface area contributed by atoms with Gasteiger partial charge in [0.2, 0.25) is 5.91 Å². The zero-order valence-corrected chi connectivity index (χ0v) is 17.7. The van der Waals surface area contributed by atoms with Crippen molar-refractivity contribution in [3.63, 3.8) is 0 Å². The third kappa shape index (κ3) is 6.15. The summed E-state index contributed by atoms with van der Waals surface area (Å²) in [5, 5.41) is 7.24. The normalized spacial score (nSPS) is 10.6. The van der Waals surface area contributed by atoms with Crippen molar-refractivity contribution < 1.29 is 19.1 Å². The fraction of sp³-hybridized carbons (Fsp3) is 0.429. The van der Waals surface area contributed by atoms with Crippen molar-refractivity contribution in [2.75, 3.05) is 11.9 Å². The van der Waals surface area contributed by atoms with Crippen molar-refractivity contribution in [2.24, 2.45) is 0 Å². The van der Waals surface area contributed by atoms with Crippen molar-refractivity contribution in [2.45, 2.75) is 53.0 Å². The van der Waals surface area contributed by atoms with Crippen LogP contribution < -0.4 is 5.32 Å². The van der Waals surface area contributed by atoms with Gasteiger partial charge in [-0.15, -0.1) is 0 Å². The number of aryl methyl sites for hydroxylation is 2. The number of benzene rings is 1. The summed E-state index contributed by atoms with van der Waals surface area (Å²) in [6.07, 6.45) is 3.07. The second-order valence-corrected chi connectivity index (χ2v) is 7.06. The molecule has 156 valence electrons. The smallest absolute Gasteiger partial charge is 0.343 e. The summed E-state index contributed by atoms with van der Waals surface area (Å²) >= 11 is 6.25. The fourth-order valence-electron chi connectivity index (χ4n) is 2.72. The summed E-state index contributed by atoms with van der Waals surface area (Å²) in [5.41, 5.74) is 1.65. The zero-order valence-electron chi connectivity index (χ0n) is 17.0. The number of rotatable bonds is 10. The summed E-state index contributed by atoms with van der Waals surface area (Å²) in [4.78, 5) is 36.3. The first-order valence-corrected chi connectivity index (χ1v) is 10.1. The highest BCUT2D eigenvalue weighted by atomic mass is 35.5. The number of hydrogen-bond acceptors (Lipinski definition) is 5. The first-order chi connectivity index (χ1) is 13.9. The number of amides is 1. The second kappa shape index (κ2) is 10.8. The average Bonchev–Trinajstić information content (AvgIpc) is 2.98. The first-order valence-electron chi connectivity index (χ1n) is 9.70. The van der Waals surface area contributed by atoms with Crippen LogP contribution in [0.15, 0.2) is 24.3 Å². The summed E-state index contributed by atoms with van der Waals surface area (Å²) in [5.74, 6) is -1.10. The molecule has 2 aromatic rings. The summed E-state index contributed by atoms with van der Waals surface area (Å²) in [7, 11) is 0. The SMILES string of the molecule is CCCCn1nc(C)c(C(=O)OCC(=O)c2ccc(NC(=O)CCC)cc2)c1Cl. The number of ketones is 1. The Morgan fingerprint density at radius 1 is 1.14 bits per heavy atom. The van der Waals surface area contributed by atoms with Crippen LogP contribution in [0, 0.1) is 6.92 Å². The van der Waals surface area contributed by atoms with Crippen molar-refractivity contribution in [1.29, 1.82) is 0 Å². The van der Waals surface area contributed by atoms with Gasteiger partial charge in [-0.3, -0.25) is 14.3 Å². The third-order valence-corrected chi connectivity index (χ3v) is 4.68. The minimum Gasteiger partial charge on any atom is -0.454 e. The number of aromatic nitrogens is 2. The van der Waals surface area contributed by atoms with Crippen LogP contribution in [0.25, 0.3) is 0 Å². The van der Waals surface area contributed by atoms with Crippen LogP contribution in [-0.4, -0.2) is 34.0 Å². The Labute approximate surface area is 175 Å². The van der Waals surface area contributed by atoms with Crippen molar-refractivity contribution >= 4 is 34.9 Å². The molecule has 0 fully saturated rings. The molecule has 1 aromatic heterocycles. The van der Waals surface area contributed by atoms with Gasteiger partial charge in [-0.05, 0) is 44.0 Å². The van der Waals surface area contributed by atoms with E-state index < -0.39 is 12.6 Å². The van der Waals surface area contributed by atoms with Crippen LogP contribution in [0.1, 0.15) is 65.9 Å². The molecule has 2 rings (SSSR count). The number of halogens is 1. The summed E-state index contributed by atoms with van der Waals surface area (Å²) in [6.45, 7) is 5.86. The van der Waals surface area contributed by atoms with Crippen molar-refractivity contribution in [3.8, 4) is 0 Å². The molecule has 29 heavy (non-hydrogen) atoms.